The van der Waals surface area contributed by atoms with Crippen molar-refractivity contribution in [1.29, 1.82) is 0 Å². The van der Waals surface area contributed by atoms with E-state index in [4.69, 9.17) is 0 Å². The van der Waals surface area contributed by atoms with Gasteiger partial charge in [0.05, 0.1) is 22.4 Å². The maximum absolute atomic E-state index is 13.0. The average Bonchev–Trinajstić information content (AvgIpc) is 3.33. The fourth-order valence-electron chi connectivity index (χ4n) is 5.15. The minimum atomic E-state index is -0.499. The standard InChI is InChI=1S/C18H16N2O4/c1-8-2-3-9(20(23)24)6-14(8)19-17(21)15-10-4-5-11(13-7-12(10)13)16(15)18(19)22/h2-6,10-13,15-16H,7H2,1H3/t10-,11-,12-,13-,15-,16+/m0/s1. The summed E-state index contributed by atoms with van der Waals surface area (Å²) in [5.74, 6) is 0.477. The summed E-state index contributed by atoms with van der Waals surface area (Å²) in [6, 6.07) is 4.34. The zero-order chi connectivity index (χ0) is 16.7. The van der Waals surface area contributed by atoms with Crippen LogP contribution >= 0.6 is 0 Å². The van der Waals surface area contributed by atoms with Crippen molar-refractivity contribution in [3.8, 4) is 0 Å². The van der Waals surface area contributed by atoms with E-state index in [9.17, 15) is 19.7 Å². The molecule has 2 bridgehead atoms. The first-order chi connectivity index (χ1) is 11.5. The molecule has 3 fully saturated rings. The van der Waals surface area contributed by atoms with Gasteiger partial charge in [-0.25, -0.2) is 4.90 Å². The molecule has 6 rings (SSSR count). The van der Waals surface area contributed by atoms with Crippen molar-refractivity contribution in [2.24, 2.45) is 35.5 Å². The number of amides is 2. The van der Waals surface area contributed by atoms with Gasteiger partial charge in [0.2, 0.25) is 11.8 Å². The van der Waals surface area contributed by atoms with Crippen molar-refractivity contribution in [2.45, 2.75) is 13.3 Å². The average molecular weight is 324 g/mol. The number of carbonyl (C=O) groups is 2. The Kier molecular flexibility index (Phi) is 2.50. The second-order valence-corrected chi connectivity index (χ2v) is 7.39. The number of rotatable bonds is 2. The van der Waals surface area contributed by atoms with Crippen LogP contribution in [0.2, 0.25) is 0 Å². The van der Waals surface area contributed by atoms with Crippen LogP contribution in [-0.4, -0.2) is 16.7 Å². The van der Waals surface area contributed by atoms with Crippen molar-refractivity contribution < 1.29 is 14.5 Å². The lowest BCUT2D eigenvalue weighted by atomic mass is 9.63. The molecule has 1 saturated heterocycles. The Bertz CT molecular complexity index is 809. The van der Waals surface area contributed by atoms with Crippen LogP contribution in [0.3, 0.4) is 0 Å². The van der Waals surface area contributed by atoms with Gasteiger partial charge in [-0.2, -0.15) is 0 Å². The Morgan fingerprint density at radius 3 is 2.21 bits per heavy atom. The second kappa shape index (κ2) is 4.32. The normalized spacial score (nSPS) is 38.3. The first kappa shape index (κ1) is 13.9. The highest BCUT2D eigenvalue weighted by molar-refractivity contribution is 6.23. The Hall–Kier alpha value is -2.50. The zero-order valence-corrected chi connectivity index (χ0v) is 13.1. The van der Waals surface area contributed by atoms with Crippen molar-refractivity contribution in [3.05, 3.63) is 46.0 Å². The van der Waals surface area contributed by atoms with E-state index in [0.29, 0.717) is 23.1 Å². The quantitative estimate of drug-likeness (QED) is 0.362. The Morgan fingerprint density at radius 2 is 1.67 bits per heavy atom. The number of benzene rings is 1. The Labute approximate surface area is 138 Å². The van der Waals surface area contributed by atoms with Gasteiger partial charge in [0.25, 0.3) is 5.69 Å². The van der Waals surface area contributed by atoms with E-state index in [2.05, 4.69) is 12.2 Å². The minimum absolute atomic E-state index is 0.102. The molecule has 0 radical (unpaired) electrons. The molecule has 2 amide bonds. The number of imide groups is 1. The van der Waals surface area contributed by atoms with Gasteiger partial charge in [0, 0.05) is 12.1 Å². The first-order valence-corrected chi connectivity index (χ1v) is 8.30. The number of nitro benzene ring substituents is 1. The van der Waals surface area contributed by atoms with E-state index in [0.717, 1.165) is 6.42 Å². The van der Waals surface area contributed by atoms with Gasteiger partial charge in [0.15, 0.2) is 0 Å². The van der Waals surface area contributed by atoms with E-state index in [-0.39, 0.29) is 41.2 Å². The highest BCUT2D eigenvalue weighted by Crippen LogP contribution is 2.65. The molecule has 1 aromatic carbocycles. The van der Waals surface area contributed by atoms with E-state index in [1.165, 1.54) is 17.0 Å². The maximum Gasteiger partial charge on any atom is 0.271 e. The smallest absolute Gasteiger partial charge is 0.271 e. The van der Waals surface area contributed by atoms with Crippen molar-refractivity contribution in [1.82, 2.24) is 0 Å². The van der Waals surface area contributed by atoms with Gasteiger partial charge < -0.3 is 0 Å². The third-order valence-electron chi connectivity index (χ3n) is 6.31. The number of carbonyl (C=O) groups excluding carboxylic acids is 2. The Balaban J connectivity index is 1.60. The molecule has 0 spiro atoms. The van der Waals surface area contributed by atoms with E-state index in [1.54, 1.807) is 13.0 Å². The molecule has 1 aromatic rings. The van der Waals surface area contributed by atoms with Crippen LogP contribution in [0.5, 0.6) is 0 Å². The predicted molar refractivity (Wildman–Crippen MR) is 85.0 cm³/mol. The Morgan fingerprint density at radius 1 is 1.08 bits per heavy atom. The molecule has 0 unspecified atom stereocenters. The third-order valence-corrected chi connectivity index (χ3v) is 6.31. The number of nitrogens with zero attached hydrogens (tertiary/aromatic N) is 2. The summed E-state index contributed by atoms with van der Waals surface area (Å²) in [4.78, 5) is 37.9. The summed E-state index contributed by atoms with van der Waals surface area (Å²) in [5, 5.41) is 11.1. The molecule has 4 aliphatic carbocycles. The van der Waals surface area contributed by atoms with Gasteiger partial charge >= 0.3 is 0 Å². The van der Waals surface area contributed by atoms with Crippen molar-refractivity contribution in [2.75, 3.05) is 4.90 Å². The fourth-order valence-corrected chi connectivity index (χ4v) is 5.15. The number of nitro groups is 1. The molecular formula is C18H16N2O4. The van der Waals surface area contributed by atoms with E-state index < -0.39 is 4.92 Å². The lowest BCUT2D eigenvalue weighted by molar-refractivity contribution is -0.384. The minimum Gasteiger partial charge on any atom is -0.274 e. The number of non-ortho nitro benzene ring substituents is 1. The summed E-state index contributed by atoms with van der Waals surface area (Å²) >= 11 is 0. The largest absolute Gasteiger partial charge is 0.274 e. The maximum atomic E-state index is 13.0. The SMILES string of the molecule is Cc1ccc([N+](=O)[O-])cc1N1C(=O)[C@@H]2[C@H]3C=C[C@@H]([C@@H]4C[C@@H]34)[C@@H]2C1=O. The van der Waals surface area contributed by atoms with Crippen LogP contribution < -0.4 is 4.90 Å². The lowest BCUT2D eigenvalue weighted by Gasteiger charge is -2.37. The number of hydrogen-bond acceptors (Lipinski definition) is 4. The molecule has 0 N–H and O–H groups in total. The van der Waals surface area contributed by atoms with Crippen LogP contribution in [0.4, 0.5) is 11.4 Å². The van der Waals surface area contributed by atoms with Gasteiger partial charge in [-0.05, 0) is 42.6 Å². The van der Waals surface area contributed by atoms with E-state index in [1.807, 2.05) is 0 Å². The molecule has 5 aliphatic rings. The highest BCUT2D eigenvalue weighted by atomic mass is 16.6. The summed E-state index contributed by atoms with van der Waals surface area (Å²) < 4.78 is 0. The number of allylic oxidation sites excluding steroid dienone is 2. The van der Waals surface area contributed by atoms with Crippen LogP contribution in [0.25, 0.3) is 0 Å². The van der Waals surface area contributed by atoms with Crippen LogP contribution in [0, 0.1) is 52.5 Å². The van der Waals surface area contributed by atoms with Gasteiger partial charge in [-0.3, -0.25) is 19.7 Å². The summed E-state index contributed by atoms with van der Waals surface area (Å²) in [6.07, 6.45) is 5.36. The van der Waals surface area contributed by atoms with Crippen LogP contribution in [-0.2, 0) is 9.59 Å². The zero-order valence-electron chi connectivity index (χ0n) is 13.1. The number of anilines is 1. The second-order valence-electron chi connectivity index (χ2n) is 7.39. The van der Waals surface area contributed by atoms with Crippen LogP contribution in [0.1, 0.15) is 12.0 Å². The van der Waals surface area contributed by atoms with Gasteiger partial charge in [-0.15, -0.1) is 0 Å². The summed E-state index contributed by atoms with van der Waals surface area (Å²) in [5.41, 5.74) is 0.961. The topological polar surface area (TPSA) is 80.5 Å². The van der Waals surface area contributed by atoms with E-state index >= 15 is 0 Å². The van der Waals surface area contributed by atoms with Gasteiger partial charge in [-0.1, -0.05) is 18.2 Å². The van der Waals surface area contributed by atoms with Gasteiger partial charge in [0.1, 0.15) is 0 Å². The third kappa shape index (κ3) is 1.56. The lowest BCUT2D eigenvalue weighted by Crippen LogP contribution is -2.40. The molecule has 1 aliphatic heterocycles. The van der Waals surface area contributed by atoms with Crippen molar-refractivity contribution >= 4 is 23.2 Å². The number of hydrogen-bond donors (Lipinski definition) is 0. The number of aryl methyl sites for hydroxylation is 1. The molecule has 6 atom stereocenters. The molecule has 122 valence electrons. The monoisotopic (exact) mass is 324 g/mol. The molecule has 24 heavy (non-hydrogen) atoms. The highest BCUT2D eigenvalue weighted by Gasteiger charge is 2.67. The molecule has 6 heteroatoms. The first-order valence-electron chi connectivity index (χ1n) is 8.30. The summed E-state index contributed by atoms with van der Waals surface area (Å²) in [7, 11) is 0. The molecule has 1 heterocycles. The molecular weight excluding hydrogens is 308 g/mol. The predicted octanol–water partition coefficient (Wildman–Crippen LogP) is 2.46. The fraction of sp³-hybridized carbons (Fsp3) is 0.444. The molecule has 0 aromatic heterocycles. The molecule has 2 saturated carbocycles. The van der Waals surface area contributed by atoms with Crippen molar-refractivity contribution in [3.63, 3.8) is 0 Å². The van der Waals surface area contributed by atoms with Crippen LogP contribution in [0.15, 0.2) is 30.4 Å². The molecule has 6 nitrogen and oxygen atoms in total. The summed E-state index contributed by atoms with van der Waals surface area (Å²) in [6.45, 7) is 1.77.